The van der Waals surface area contributed by atoms with Gasteiger partial charge in [-0.2, -0.15) is 0 Å². The zero-order valence-corrected chi connectivity index (χ0v) is 35.0. The van der Waals surface area contributed by atoms with Crippen molar-refractivity contribution in [2.24, 2.45) is 0 Å². The van der Waals surface area contributed by atoms with Crippen molar-refractivity contribution in [2.45, 2.75) is 0 Å². The summed E-state index contributed by atoms with van der Waals surface area (Å²) in [5.74, 6) is 0. The van der Waals surface area contributed by atoms with Crippen LogP contribution in [0.3, 0.4) is 0 Å². The van der Waals surface area contributed by atoms with Gasteiger partial charge in [0, 0.05) is 27.8 Å². The van der Waals surface area contributed by atoms with Gasteiger partial charge in [-0.15, -0.1) is 0 Å². The van der Waals surface area contributed by atoms with Crippen molar-refractivity contribution in [2.75, 3.05) is 4.90 Å². The van der Waals surface area contributed by atoms with E-state index in [0.717, 1.165) is 55.7 Å². The second-order valence-electron chi connectivity index (χ2n) is 16.5. The first-order valence-electron chi connectivity index (χ1n) is 21.9. The van der Waals surface area contributed by atoms with Gasteiger partial charge in [-0.1, -0.05) is 188 Å². The first kappa shape index (κ1) is 37.3. The number of furan rings is 1. The van der Waals surface area contributed by atoms with Crippen molar-refractivity contribution in [1.29, 1.82) is 0 Å². The Hall–Kier alpha value is -8.46. The maximum atomic E-state index is 6.34. The van der Waals surface area contributed by atoms with Crippen molar-refractivity contribution in [3.63, 3.8) is 0 Å². The lowest BCUT2D eigenvalue weighted by Gasteiger charge is -2.26. The molecular formula is C62H41NO. The predicted octanol–water partition coefficient (Wildman–Crippen LogP) is 17.7. The fourth-order valence-corrected chi connectivity index (χ4v) is 9.41. The zero-order valence-electron chi connectivity index (χ0n) is 35.0. The standard InChI is InChI=1S/C62H41NO/c1-3-12-42(13-4-1)43-22-24-44(25-23-43)48-18-11-19-54(38-48)63(53-33-28-47(29-34-53)56-36-35-55(46-14-5-2-6-15-46)57-20-9-10-21-58(56)57)52-31-26-45(27-32-52)51-30-37-61-59(40-51)60-39-49-16-7-8-17-50(49)41-62(60)64-61/h1-41H. The molecule has 0 saturated heterocycles. The molecule has 2 nitrogen and oxygen atoms in total. The minimum atomic E-state index is 0.898. The average Bonchev–Trinajstić information content (AvgIpc) is 3.73. The van der Waals surface area contributed by atoms with Gasteiger partial charge >= 0.3 is 0 Å². The van der Waals surface area contributed by atoms with Crippen LogP contribution in [0, 0.1) is 0 Å². The van der Waals surface area contributed by atoms with Gasteiger partial charge in [-0.25, -0.2) is 0 Å². The van der Waals surface area contributed by atoms with Crippen LogP contribution in [-0.2, 0) is 0 Å². The first-order valence-corrected chi connectivity index (χ1v) is 21.9. The molecule has 1 aromatic heterocycles. The van der Waals surface area contributed by atoms with Gasteiger partial charge in [0.1, 0.15) is 11.2 Å². The second kappa shape index (κ2) is 15.8. The summed E-state index contributed by atoms with van der Waals surface area (Å²) in [6, 6.07) is 89.7. The van der Waals surface area contributed by atoms with E-state index in [9.17, 15) is 0 Å². The number of rotatable bonds is 8. The summed E-state index contributed by atoms with van der Waals surface area (Å²) in [6.45, 7) is 0. The number of anilines is 3. The van der Waals surface area contributed by atoms with Gasteiger partial charge in [0.05, 0.1) is 0 Å². The molecule has 0 radical (unpaired) electrons. The third kappa shape index (κ3) is 6.79. The highest BCUT2D eigenvalue weighted by atomic mass is 16.3. The van der Waals surface area contributed by atoms with Crippen LogP contribution in [0.15, 0.2) is 253 Å². The summed E-state index contributed by atoms with van der Waals surface area (Å²) in [6.07, 6.45) is 0. The van der Waals surface area contributed by atoms with Crippen LogP contribution in [0.5, 0.6) is 0 Å². The van der Waals surface area contributed by atoms with E-state index in [4.69, 9.17) is 4.42 Å². The summed E-state index contributed by atoms with van der Waals surface area (Å²) in [7, 11) is 0. The Kier molecular flexibility index (Phi) is 9.20. The third-order valence-corrected chi connectivity index (χ3v) is 12.7. The van der Waals surface area contributed by atoms with E-state index in [1.807, 2.05) is 0 Å². The van der Waals surface area contributed by atoms with E-state index in [1.165, 1.54) is 60.5 Å². The van der Waals surface area contributed by atoms with Crippen LogP contribution in [-0.4, -0.2) is 0 Å². The third-order valence-electron chi connectivity index (χ3n) is 12.7. The van der Waals surface area contributed by atoms with Crippen molar-refractivity contribution in [1.82, 2.24) is 0 Å². The van der Waals surface area contributed by atoms with Crippen molar-refractivity contribution >= 4 is 60.5 Å². The molecule has 0 saturated carbocycles. The van der Waals surface area contributed by atoms with E-state index in [1.54, 1.807) is 0 Å². The fourth-order valence-electron chi connectivity index (χ4n) is 9.41. The molecule has 0 bridgehead atoms. The molecule has 1 heterocycles. The highest BCUT2D eigenvalue weighted by Crippen LogP contribution is 2.41. The Bertz CT molecular complexity index is 3630. The molecule has 2 heteroatoms. The van der Waals surface area contributed by atoms with E-state index in [0.29, 0.717) is 0 Å². The first-order chi connectivity index (χ1) is 31.7. The van der Waals surface area contributed by atoms with Gasteiger partial charge in [0.25, 0.3) is 0 Å². The van der Waals surface area contributed by atoms with Crippen LogP contribution in [0.2, 0.25) is 0 Å². The predicted molar refractivity (Wildman–Crippen MR) is 271 cm³/mol. The molecule has 0 aliphatic carbocycles. The average molecular weight is 816 g/mol. The molecule has 0 N–H and O–H groups in total. The fraction of sp³-hybridized carbons (Fsp3) is 0. The number of hydrogen-bond acceptors (Lipinski definition) is 2. The lowest BCUT2D eigenvalue weighted by molar-refractivity contribution is 0.669. The molecule has 12 rings (SSSR count). The number of benzene rings is 11. The summed E-state index contributed by atoms with van der Waals surface area (Å²) in [5, 5.41) is 7.14. The number of hydrogen-bond donors (Lipinski definition) is 0. The van der Waals surface area contributed by atoms with Crippen molar-refractivity contribution in [3.8, 4) is 55.6 Å². The Balaban J connectivity index is 0.928. The van der Waals surface area contributed by atoms with E-state index in [-0.39, 0.29) is 0 Å². The molecule has 0 atom stereocenters. The van der Waals surface area contributed by atoms with Crippen LogP contribution in [0.25, 0.3) is 99.1 Å². The maximum absolute atomic E-state index is 6.34. The van der Waals surface area contributed by atoms with E-state index >= 15 is 0 Å². The van der Waals surface area contributed by atoms with Crippen LogP contribution < -0.4 is 4.90 Å². The molecule has 0 aliphatic rings. The van der Waals surface area contributed by atoms with E-state index < -0.39 is 0 Å². The molecule has 0 spiro atoms. The minimum Gasteiger partial charge on any atom is -0.456 e. The van der Waals surface area contributed by atoms with Crippen molar-refractivity contribution < 1.29 is 4.42 Å². The molecule has 0 aliphatic heterocycles. The van der Waals surface area contributed by atoms with Crippen LogP contribution in [0.1, 0.15) is 0 Å². The zero-order chi connectivity index (χ0) is 42.4. The maximum Gasteiger partial charge on any atom is 0.136 e. The lowest BCUT2D eigenvalue weighted by atomic mass is 9.92. The van der Waals surface area contributed by atoms with Crippen molar-refractivity contribution in [3.05, 3.63) is 249 Å². The summed E-state index contributed by atoms with van der Waals surface area (Å²) < 4.78 is 6.34. The van der Waals surface area contributed by atoms with Gasteiger partial charge in [0.15, 0.2) is 0 Å². The molecular weight excluding hydrogens is 775 g/mol. The summed E-state index contributed by atoms with van der Waals surface area (Å²) in [4.78, 5) is 2.36. The molecule has 0 unspecified atom stereocenters. The lowest BCUT2D eigenvalue weighted by Crippen LogP contribution is -2.10. The molecule has 0 fully saturated rings. The molecule has 64 heavy (non-hydrogen) atoms. The highest BCUT2D eigenvalue weighted by molar-refractivity contribution is 6.11. The molecule has 0 amide bonds. The van der Waals surface area contributed by atoms with Gasteiger partial charge in [0.2, 0.25) is 0 Å². The van der Waals surface area contributed by atoms with Crippen LogP contribution >= 0.6 is 0 Å². The second-order valence-corrected chi connectivity index (χ2v) is 16.5. The molecule has 11 aromatic carbocycles. The van der Waals surface area contributed by atoms with Crippen LogP contribution in [0.4, 0.5) is 17.1 Å². The Morgan fingerprint density at radius 2 is 0.672 bits per heavy atom. The smallest absolute Gasteiger partial charge is 0.136 e. The SMILES string of the molecule is c1ccc(-c2ccc(-c3cccc(N(c4ccc(-c5ccc6oc7cc8ccccc8cc7c6c5)cc4)c4ccc(-c5ccc(-c6ccccc6)c6ccccc56)cc4)c3)cc2)cc1. The molecule has 300 valence electrons. The Labute approximate surface area is 372 Å². The van der Waals surface area contributed by atoms with Gasteiger partial charge < -0.3 is 9.32 Å². The highest BCUT2D eigenvalue weighted by Gasteiger charge is 2.17. The topological polar surface area (TPSA) is 16.4 Å². The minimum absolute atomic E-state index is 0.898. The quantitative estimate of drug-likeness (QED) is 0.152. The molecule has 12 aromatic rings. The van der Waals surface area contributed by atoms with E-state index in [2.05, 4.69) is 254 Å². The van der Waals surface area contributed by atoms with Gasteiger partial charge in [-0.3, -0.25) is 0 Å². The Morgan fingerprint density at radius 1 is 0.234 bits per heavy atom. The monoisotopic (exact) mass is 815 g/mol. The Morgan fingerprint density at radius 3 is 1.31 bits per heavy atom. The largest absolute Gasteiger partial charge is 0.456 e. The summed E-state index contributed by atoms with van der Waals surface area (Å²) >= 11 is 0. The van der Waals surface area contributed by atoms with Gasteiger partial charge in [-0.05, 0) is 138 Å². The number of fused-ring (bicyclic) bond motifs is 5. The summed E-state index contributed by atoms with van der Waals surface area (Å²) in [5.41, 5.74) is 17.0. The number of nitrogens with zero attached hydrogens (tertiary/aromatic N) is 1. The normalized spacial score (nSPS) is 11.4.